The highest BCUT2D eigenvalue weighted by molar-refractivity contribution is 8.00. The number of hydrogen-bond donors (Lipinski definition) is 1. The van der Waals surface area contributed by atoms with Gasteiger partial charge in [0.25, 0.3) is 0 Å². The predicted octanol–water partition coefficient (Wildman–Crippen LogP) is 3.92. The summed E-state index contributed by atoms with van der Waals surface area (Å²) in [5, 5.41) is 12.6. The van der Waals surface area contributed by atoms with E-state index in [-0.39, 0.29) is 11.7 Å². The zero-order chi connectivity index (χ0) is 21.3. The Morgan fingerprint density at radius 2 is 1.90 bits per heavy atom. The number of hydrogen-bond acceptors (Lipinski definition) is 7. The van der Waals surface area contributed by atoms with E-state index >= 15 is 0 Å². The fourth-order valence-corrected chi connectivity index (χ4v) is 3.30. The van der Waals surface area contributed by atoms with Crippen molar-refractivity contribution in [3.8, 4) is 17.5 Å². The topological polar surface area (TPSA) is 105 Å². The van der Waals surface area contributed by atoms with Crippen LogP contribution in [0.1, 0.15) is 22.8 Å². The van der Waals surface area contributed by atoms with E-state index in [0.29, 0.717) is 39.8 Å². The molecule has 0 aliphatic rings. The number of nitrogens with one attached hydrogen (secondary N) is 1. The number of aromatic nitrogens is 2. The highest BCUT2D eigenvalue weighted by Gasteiger charge is 2.12. The van der Waals surface area contributed by atoms with Gasteiger partial charge >= 0.3 is 5.97 Å². The quantitative estimate of drug-likeness (QED) is 0.458. The first-order chi connectivity index (χ1) is 14.6. The number of pyridine rings is 2. The van der Waals surface area contributed by atoms with Gasteiger partial charge in [-0.2, -0.15) is 5.26 Å². The lowest BCUT2D eigenvalue weighted by Gasteiger charge is -2.08. The van der Waals surface area contributed by atoms with Crippen molar-refractivity contribution in [3.05, 3.63) is 71.9 Å². The molecule has 3 rings (SSSR count). The molecule has 0 saturated carbocycles. The molecule has 3 aromatic rings. The third-order valence-electron chi connectivity index (χ3n) is 3.93. The first-order valence-corrected chi connectivity index (χ1v) is 10.1. The Labute approximate surface area is 178 Å². The summed E-state index contributed by atoms with van der Waals surface area (Å²) in [7, 11) is 0. The molecule has 0 atom stereocenters. The Morgan fingerprint density at radius 1 is 1.10 bits per heavy atom. The van der Waals surface area contributed by atoms with Crippen LogP contribution in [0.5, 0.6) is 0 Å². The minimum atomic E-state index is -0.408. The fourth-order valence-electron chi connectivity index (χ4n) is 2.53. The highest BCUT2D eigenvalue weighted by Crippen LogP contribution is 2.24. The summed E-state index contributed by atoms with van der Waals surface area (Å²) < 4.78 is 4.93. The minimum Gasteiger partial charge on any atom is -0.462 e. The zero-order valence-corrected chi connectivity index (χ0v) is 17.0. The molecule has 8 heteroatoms. The number of benzene rings is 1. The van der Waals surface area contributed by atoms with Gasteiger partial charge in [0.1, 0.15) is 11.1 Å². The van der Waals surface area contributed by atoms with Crippen LogP contribution in [0.25, 0.3) is 11.4 Å². The van der Waals surface area contributed by atoms with Crippen LogP contribution in [-0.2, 0) is 9.53 Å². The number of anilines is 1. The van der Waals surface area contributed by atoms with Crippen LogP contribution in [0.2, 0.25) is 0 Å². The SMILES string of the molecule is CCOC(=O)c1ccc(NC(=O)CSc2nc(-c3ccccn3)ccc2C#N)cc1. The number of thioether (sulfide) groups is 1. The average molecular weight is 418 g/mol. The summed E-state index contributed by atoms with van der Waals surface area (Å²) in [6, 6.07) is 17.4. The first kappa shape index (κ1) is 21.0. The molecule has 0 unspecified atom stereocenters. The molecule has 1 N–H and O–H groups in total. The molecule has 0 radical (unpaired) electrons. The monoisotopic (exact) mass is 418 g/mol. The lowest BCUT2D eigenvalue weighted by Crippen LogP contribution is -2.14. The molecule has 7 nitrogen and oxygen atoms in total. The van der Waals surface area contributed by atoms with Crippen LogP contribution in [-0.4, -0.2) is 34.2 Å². The zero-order valence-electron chi connectivity index (χ0n) is 16.2. The Hall–Kier alpha value is -3.70. The minimum absolute atomic E-state index is 0.0764. The van der Waals surface area contributed by atoms with Crippen molar-refractivity contribution in [2.75, 3.05) is 17.7 Å². The number of amides is 1. The van der Waals surface area contributed by atoms with E-state index in [4.69, 9.17) is 4.74 Å². The third-order valence-corrected chi connectivity index (χ3v) is 4.92. The van der Waals surface area contributed by atoms with Gasteiger partial charge in [0, 0.05) is 11.9 Å². The maximum absolute atomic E-state index is 12.3. The van der Waals surface area contributed by atoms with Gasteiger partial charge in [0.05, 0.1) is 34.9 Å². The van der Waals surface area contributed by atoms with Crippen LogP contribution in [0.4, 0.5) is 5.69 Å². The van der Waals surface area contributed by atoms with E-state index < -0.39 is 5.97 Å². The standard InChI is InChI=1S/C22H18N4O3S/c1-2-29-22(28)15-6-9-17(10-7-15)25-20(27)14-30-21-16(13-23)8-11-19(26-21)18-5-3-4-12-24-18/h3-12H,2,14H2,1H3,(H,25,27). The van der Waals surface area contributed by atoms with Gasteiger partial charge in [0.2, 0.25) is 5.91 Å². The van der Waals surface area contributed by atoms with E-state index in [0.717, 1.165) is 0 Å². The molecule has 2 aromatic heterocycles. The van der Waals surface area contributed by atoms with Gasteiger partial charge in [-0.3, -0.25) is 9.78 Å². The second-order valence-corrected chi connectivity index (χ2v) is 6.97. The molecule has 1 aromatic carbocycles. The summed E-state index contributed by atoms with van der Waals surface area (Å²) in [4.78, 5) is 32.7. The van der Waals surface area contributed by atoms with E-state index in [9.17, 15) is 14.9 Å². The van der Waals surface area contributed by atoms with Crippen molar-refractivity contribution < 1.29 is 14.3 Å². The second kappa shape index (κ2) is 10.2. The predicted molar refractivity (Wildman–Crippen MR) is 114 cm³/mol. The molecule has 0 fully saturated rings. The highest BCUT2D eigenvalue weighted by atomic mass is 32.2. The third kappa shape index (κ3) is 5.43. The summed E-state index contributed by atoms with van der Waals surface area (Å²) in [5.41, 5.74) is 2.69. The Balaban J connectivity index is 1.64. The number of esters is 1. The molecule has 0 aliphatic heterocycles. The number of rotatable bonds is 7. The van der Waals surface area contributed by atoms with Crippen LogP contribution in [0, 0.1) is 11.3 Å². The van der Waals surface area contributed by atoms with Crippen molar-refractivity contribution in [1.29, 1.82) is 5.26 Å². The average Bonchev–Trinajstić information content (AvgIpc) is 2.78. The molecule has 0 saturated heterocycles. The smallest absolute Gasteiger partial charge is 0.338 e. The van der Waals surface area contributed by atoms with E-state index in [2.05, 4.69) is 21.4 Å². The Bertz CT molecular complexity index is 1080. The van der Waals surface area contributed by atoms with Gasteiger partial charge < -0.3 is 10.1 Å². The number of carbonyl (C=O) groups is 2. The van der Waals surface area contributed by atoms with Crippen molar-refractivity contribution in [3.63, 3.8) is 0 Å². The van der Waals surface area contributed by atoms with E-state index in [1.54, 1.807) is 49.5 Å². The lowest BCUT2D eigenvalue weighted by atomic mass is 10.2. The van der Waals surface area contributed by atoms with Crippen molar-refractivity contribution >= 4 is 29.3 Å². The fraction of sp³-hybridized carbons (Fsp3) is 0.136. The Morgan fingerprint density at radius 3 is 2.57 bits per heavy atom. The maximum atomic E-state index is 12.3. The van der Waals surface area contributed by atoms with Crippen LogP contribution >= 0.6 is 11.8 Å². The molecule has 0 aliphatic carbocycles. The molecule has 150 valence electrons. The molecule has 2 heterocycles. The van der Waals surface area contributed by atoms with Gasteiger partial charge in [-0.15, -0.1) is 0 Å². The van der Waals surface area contributed by atoms with Crippen LogP contribution in [0.15, 0.2) is 65.8 Å². The molecular formula is C22H18N4O3S. The second-order valence-electron chi connectivity index (χ2n) is 6.01. The largest absolute Gasteiger partial charge is 0.462 e. The normalized spacial score (nSPS) is 10.1. The summed E-state index contributed by atoms with van der Waals surface area (Å²) >= 11 is 1.17. The first-order valence-electron chi connectivity index (χ1n) is 9.13. The number of ether oxygens (including phenoxy) is 1. The van der Waals surface area contributed by atoms with Crippen molar-refractivity contribution in [2.45, 2.75) is 11.9 Å². The molecule has 30 heavy (non-hydrogen) atoms. The molecular weight excluding hydrogens is 400 g/mol. The van der Waals surface area contributed by atoms with Crippen molar-refractivity contribution in [2.24, 2.45) is 0 Å². The van der Waals surface area contributed by atoms with Crippen molar-refractivity contribution in [1.82, 2.24) is 9.97 Å². The van der Waals surface area contributed by atoms with E-state index in [1.165, 1.54) is 11.8 Å². The summed E-state index contributed by atoms with van der Waals surface area (Å²) in [6.07, 6.45) is 1.67. The molecule has 1 amide bonds. The Kier molecular flexibility index (Phi) is 7.14. The van der Waals surface area contributed by atoms with Gasteiger partial charge in [-0.05, 0) is 55.5 Å². The number of carbonyl (C=O) groups excluding carboxylic acids is 2. The van der Waals surface area contributed by atoms with Gasteiger partial charge in [-0.1, -0.05) is 17.8 Å². The van der Waals surface area contributed by atoms with Crippen LogP contribution < -0.4 is 5.32 Å². The van der Waals surface area contributed by atoms with Gasteiger partial charge in [-0.25, -0.2) is 9.78 Å². The number of nitriles is 1. The summed E-state index contributed by atoms with van der Waals surface area (Å²) in [6.45, 7) is 2.04. The lowest BCUT2D eigenvalue weighted by molar-refractivity contribution is -0.113. The van der Waals surface area contributed by atoms with Gasteiger partial charge in [0.15, 0.2) is 0 Å². The van der Waals surface area contributed by atoms with Crippen LogP contribution in [0.3, 0.4) is 0 Å². The molecule has 0 bridgehead atoms. The molecule has 0 spiro atoms. The summed E-state index contributed by atoms with van der Waals surface area (Å²) in [5.74, 6) is -0.584. The number of nitrogens with zero attached hydrogens (tertiary/aromatic N) is 3. The maximum Gasteiger partial charge on any atom is 0.338 e. The van der Waals surface area contributed by atoms with E-state index in [1.807, 2.05) is 18.2 Å².